The van der Waals surface area contributed by atoms with Crippen LogP contribution in [-0.2, 0) is 16.3 Å². The average Bonchev–Trinajstić information content (AvgIpc) is 2.84. The van der Waals surface area contributed by atoms with E-state index >= 15 is 0 Å². The van der Waals surface area contributed by atoms with Crippen LogP contribution in [0, 0.1) is 0 Å². The Labute approximate surface area is 117 Å². The molecule has 1 aliphatic rings. The van der Waals surface area contributed by atoms with E-state index in [2.05, 4.69) is 10.2 Å². The van der Waals surface area contributed by atoms with Crippen molar-refractivity contribution in [2.75, 3.05) is 12.9 Å². The lowest BCUT2D eigenvalue weighted by atomic mass is 10.1. The van der Waals surface area contributed by atoms with Gasteiger partial charge in [-0.1, -0.05) is 6.42 Å². The highest BCUT2D eigenvalue weighted by molar-refractivity contribution is 7.92. The predicted molar refractivity (Wildman–Crippen MR) is 74.7 cm³/mol. The van der Waals surface area contributed by atoms with Gasteiger partial charge >= 0.3 is 0 Å². The van der Waals surface area contributed by atoms with Gasteiger partial charge in [-0.25, -0.2) is 8.42 Å². The molecule has 0 N–H and O–H groups in total. The zero-order chi connectivity index (χ0) is 14.2. The van der Waals surface area contributed by atoms with E-state index in [9.17, 15) is 8.42 Å². The third-order valence-electron chi connectivity index (χ3n) is 3.81. The minimum absolute atomic E-state index is 0.289. The van der Waals surface area contributed by atoms with Gasteiger partial charge in [-0.3, -0.25) is 4.40 Å². The van der Waals surface area contributed by atoms with Gasteiger partial charge in [0.25, 0.3) is 0 Å². The standard InChI is InChI=1S/C13H17N3O3S/c1-19-11-6-4-7-16-12(14-15-13(11)16)9-10-5-2-3-8-20(10,17)18/h4,6-7,10H,2-3,5,8-9H2,1H3. The first-order valence-electron chi connectivity index (χ1n) is 6.70. The van der Waals surface area contributed by atoms with Crippen molar-refractivity contribution in [3.05, 3.63) is 24.2 Å². The lowest BCUT2D eigenvalue weighted by molar-refractivity contribution is 0.416. The summed E-state index contributed by atoms with van der Waals surface area (Å²) in [5, 5.41) is 7.89. The van der Waals surface area contributed by atoms with E-state index in [1.165, 1.54) is 0 Å². The van der Waals surface area contributed by atoms with Crippen LogP contribution in [0.3, 0.4) is 0 Å². The van der Waals surface area contributed by atoms with E-state index in [1.54, 1.807) is 7.11 Å². The van der Waals surface area contributed by atoms with Crippen molar-refractivity contribution in [1.29, 1.82) is 0 Å². The quantitative estimate of drug-likeness (QED) is 0.852. The van der Waals surface area contributed by atoms with E-state index in [0.29, 0.717) is 30.1 Å². The van der Waals surface area contributed by atoms with Gasteiger partial charge in [0, 0.05) is 12.6 Å². The van der Waals surface area contributed by atoms with E-state index < -0.39 is 9.84 Å². The van der Waals surface area contributed by atoms with Gasteiger partial charge < -0.3 is 4.74 Å². The molecular weight excluding hydrogens is 278 g/mol. The number of aromatic nitrogens is 3. The highest BCUT2D eigenvalue weighted by Gasteiger charge is 2.30. The average molecular weight is 295 g/mol. The molecule has 1 fully saturated rings. The zero-order valence-electron chi connectivity index (χ0n) is 11.3. The summed E-state index contributed by atoms with van der Waals surface area (Å²) in [7, 11) is -1.42. The fourth-order valence-corrected chi connectivity index (χ4v) is 4.56. The summed E-state index contributed by atoms with van der Waals surface area (Å²) in [5.74, 6) is 1.60. The summed E-state index contributed by atoms with van der Waals surface area (Å²) in [6.07, 6.45) is 4.69. The van der Waals surface area contributed by atoms with Crippen LogP contribution in [-0.4, -0.2) is 41.1 Å². The Kier molecular flexibility index (Phi) is 3.37. The number of methoxy groups -OCH3 is 1. The summed E-state index contributed by atoms with van der Waals surface area (Å²) in [6, 6.07) is 3.65. The van der Waals surface area contributed by atoms with Gasteiger partial charge in [0.2, 0.25) is 5.65 Å². The van der Waals surface area contributed by atoms with Crippen molar-refractivity contribution >= 4 is 15.5 Å². The molecule has 20 heavy (non-hydrogen) atoms. The Balaban J connectivity index is 1.95. The second-order valence-electron chi connectivity index (χ2n) is 5.08. The summed E-state index contributed by atoms with van der Waals surface area (Å²) in [5.41, 5.74) is 0.623. The summed E-state index contributed by atoms with van der Waals surface area (Å²) in [4.78, 5) is 0. The fraction of sp³-hybridized carbons (Fsp3) is 0.538. The molecule has 3 heterocycles. The molecule has 0 aromatic carbocycles. The Morgan fingerprint density at radius 2 is 2.25 bits per heavy atom. The third kappa shape index (κ3) is 2.26. The summed E-state index contributed by atoms with van der Waals surface area (Å²) < 4.78 is 31.2. The van der Waals surface area contributed by atoms with Gasteiger partial charge in [0.05, 0.1) is 18.1 Å². The molecule has 1 aliphatic heterocycles. The maximum absolute atomic E-state index is 12.1. The number of fused-ring (bicyclic) bond motifs is 1. The van der Waals surface area contributed by atoms with Crippen molar-refractivity contribution < 1.29 is 13.2 Å². The molecule has 0 amide bonds. The van der Waals surface area contributed by atoms with Crippen molar-refractivity contribution in [3.63, 3.8) is 0 Å². The van der Waals surface area contributed by atoms with Gasteiger partial charge in [0.15, 0.2) is 15.6 Å². The number of nitrogens with zero attached hydrogens (tertiary/aromatic N) is 3. The number of hydrogen-bond donors (Lipinski definition) is 0. The van der Waals surface area contributed by atoms with Crippen LogP contribution in [0.2, 0.25) is 0 Å². The van der Waals surface area contributed by atoms with E-state index in [0.717, 1.165) is 12.8 Å². The minimum Gasteiger partial charge on any atom is -0.493 e. The molecule has 1 atom stereocenters. The van der Waals surface area contributed by atoms with Crippen LogP contribution in [0.4, 0.5) is 0 Å². The Morgan fingerprint density at radius 3 is 3.00 bits per heavy atom. The number of rotatable bonds is 3. The van der Waals surface area contributed by atoms with Gasteiger partial charge in [-0.15, -0.1) is 10.2 Å². The second kappa shape index (κ2) is 5.05. The maximum Gasteiger partial charge on any atom is 0.203 e. The summed E-state index contributed by atoms with van der Waals surface area (Å²) in [6.45, 7) is 0. The molecule has 108 valence electrons. The Hall–Kier alpha value is -1.63. The molecule has 2 aromatic heterocycles. The Bertz CT molecular complexity index is 724. The number of pyridine rings is 1. The summed E-state index contributed by atoms with van der Waals surface area (Å²) >= 11 is 0. The molecule has 6 nitrogen and oxygen atoms in total. The van der Waals surface area contributed by atoms with Crippen molar-refractivity contribution in [2.24, 2.45) is 0 Å². The SMILES string of the molecule is COc1cccn2c(CC3CCCCS3(=O)=O)nnc12. The van der Waals surface area contributed by atoms with Crippen LogP contribution in [0.15, 0.2) is 18.3 Å². The Morgan fingerprint density at radius 1 is 1.40 bits per heavy atom. The van der Waals surface area contributed by atoms with Crippen LogP contribution in [0.25, 0.3) is 5.65 Å². The second-order valence-corrected chi connectivity index (χ2v) is 7.48. The first-order chi connectivity index (χ1) is 9.62. The molecule has 0 radical (unpaired) electrons. The number of sulfone groups is 1. The van der Waals surface area contributed by atoms with E-state index in [4.69, 9.17) is 4.74 Å². The molecule has 0 spiro atoms. The lowest BCUT2D eigenvalue weighted by Crippen LogP contribution is -2.30. The van der Waals surface area contributed by atoms with Gasteiger partial charge in [-0.2, -0.15) is 0 Å². The van der Waals surface area contributed by atoms with Gasteiger partial charge in [0.1, 0.15) is 5.82 Å². The molecule has 1 unspecified atom stereocenters. The normalized spacial score (nSPS) is 21.9. The number of hydrogen-bond acceptors (Lipinski definition) is 5. The minimum atomic E-state index is -3.00. The first kappa shape index (κ1) is 13.4. The third-order valence-corrected chi connectivity index (χ3v) is 6.09. The molecule has 0 aliphatic carbocycles. The highest BCUT2D eigenvalue weighted by atomic mass is 32.2. The van der Waals surface area contributed by atoms with E-state index in [1.807, 2.05) is 22.7 Å². The van der Waals surface area contributed by atoms with E-state index in [-0.39, 0.29) is 11.0 Å². The molecule has 1 saturated heterocycles. The zero-order valence-corrected chi connectivity index (χ0v) is 12.1. The van der Waals surface area contributed by atoms with Crippen LogP contribution < -0.4 is 4.74 Å². The smallest absolute Gasteiger partial charge is 0.203 e. The van der Waals surface area contributed by atoms with Crippen molar-refractivity contribution in [1.82, 2.24) is 14.6 Å². The van der Waals surface area contributed by atoms with Crippen molar-refractivity contribution in [3.8, 4) is 5.75 Å². The van der Waals surface area contributed by atoms with Gasteiger partial charge in [-0.05, 0) is 25.0 Å². The fourth-order valence-electron chi connectivity index (χ4n) is 2.69. The molecular formula is C13H17N3O3S. The van der Waals surface area contributed by atoms with Crippen molar-refractivity contribution in [2.45, 2.75) is 30.9 Å². The maximum atomic E-state index is 12.1. The molecule has 2 aromatic rings. The largest absolute Gasteiger partial charge is 0.493 e. The molecule has 0 saturated carbocycles. The lowest BCUT2D eigenvalue weighted by Gasteiger charge is -2.21. The molecule has 0 bridgehead atoms. The van der Waals surface area contributed by atoms with Crippen LogP contribution >= 0.6 is 0 Å². The monoisotopic (exact) mass is 295 g/mol. The van der Waals surface area contributed by atoms with Crippen LogP contribution in [0.5, 0.6) is 5.75 Å². The number of ether oxygens (including phenoxy) is 1. The predicted octanol–water partition coefficient (Wildman–Crippen LogP) is 1.25. The molecule has 7 heteroatoms. The highest BCUT2D eigenvalue weighted by Crippen LogP contribution is 2.24. The molecule has 3 rings (SSSR count). The topological polar surface area (TPSA) is 73.6 Å². The first-order valence-corrected chi connectivity index (χ1v) is 8.41. The van der Waals surface area contributed by atoms with Crippen LogP contribution in [0.1, 0.15) is 25.1 Å².